The summed E-state index contributed by atoms with van der Waals surface area (Å²) in [5, 5.41) is 2.26. The van der Waals surface area contributed by atoms with E-state index in [9.17, 15) is 9.59 Å². The molecule has 0 spiro atoms. The van der Waals surface area contributed by atoms with E-state index in [0.717, 1.165) is 12.8 Å². The molecule has 0 bridgehead atoms. The van der Waals surface area contributed by atoms with Gasteiger partial charge >= 0.3 is 5.97 Å². The van der Waals surface area contributed by atoms with E-state index in [4.69, 9.17) is 9.47 Å². The molecule has 0 radical (unpaired) electrons. The minimum atomic E-state index is -1.14. The van der Waals surface area contributed by atoms with Gasteiger partial charge in [-0.05, 0) is 19.8 Å². The van der Waals surface area contributed by atoms with Crippen LogP contribution in [0.1, 0.15) is 32.6 Å². The first-order valence-corrected chi connectivity index (χ1v) is 7.30. The standard InChI is InChI=1S/C13H17NO4S/c1-2-17-11(16)13(6-4-3-5-10(13)15)9-18-12-14-7-8-19-12/h7-8H,2-6,9H2,1H3. The predicted molar refractivity (Wildman–Crippen MR) is 70.2 cm³/mol. The smallest absolute Gasteiger partial charge is 0.323 e. The maximum absolute atomic E-state index is 12.2. The zero-order valence-electron chi connectivity index (χ0n) is 10.9. The Hall–Kier alpha value is -1.43. The fourth-order valence-corrected chi connectivity index (χ4v) is 2.74. The SMILES string of the molecule is CCOC(=O)C1(COc2nccs2)CCCCC1=O. The first-order chi connectivity index (χ1) is 9.19. The lowest BCUT2D eigenvalue weighted by Crippen LogP contribution is -2.47. The van der Waals surface area contributed by atoms with Gasteiger partial charge in [0.25, 0.3) is 5.19 Å². The fourth-order valence-electron chi connectivity index (χ4n) is 2.25. The van der Waals surface area contributed by atoms with Crippen molar-refractivity contribution in [2.75, 3.05) is 13.2 Å². The number of carbonyl (C=O) groups is 2. The van der Waals surface area contributed by atoms with Gasteiger partial charge in [-0.15, -0.1) is 0 Å². The van der Waals surface area contributed by atoms with Crippen LogP contribution < -0.4 is 4.74 Å². The molecule has 2 rings (SSSR count). The summed E-state index contributed by atoms with van der Waals surface area (Å²) in [4.78, 5) is 28.3. The second-order valence-electron chi connectivity index (χ2n) is 4.52. The normalized spacial score (nSPS) is 23.1. The van der Waals surface area contributed by atoms with Gasteiger partial charge in [0, 0.05) is 18.0 Å². The third-order valence-electron chi connectivity index (χ3n) is 3.31. The number of esters is 1. The van der Waals surface area contributed by atoms with Gasteiger partial charge in [0.1, 0.15) is 6.61 Å². The molecule has 1 aliphatic carbocycles. The minimum Gasteiger partial charge on any atom is -0.468 e. The molecule has 1 aromatic rings. The van der Waals surface area contributed by atoms with Crippen molar-refractivity contribution in [2.24, 2.45) is 5.41 Å². The number of Topliss-reactive ketones (excluding diaryl/α,β-unsaturated/α-hetero) is 1. The Bertz CT molecular complexity index is 446. The van der Waals surface area contributed by atoms with Crippen molar-refractivity contribution in [2.45, 2.75) is 32.6 Å². The Morgan fingerprint density at radius 2 is 2.37 bits per heavy atom. The number of rotatable bonds is 5. The van der Waals surface area contributed by atoms with Crippen LogP contribution in [0, 0.1) is 5.41 Å². The van der Waals surface area contributed by atoms with Crippen LogP contribution in [0.3, 0.4) is 0 Å². The lowest BCUT2D eigenvalue weighted by molar-refractivity contribution is -0.164. The lowest BCUT2D eigenvalue weighted by atomic mass is 9.73. The van der Waals surface area contributed by atoms with Crippen molar-refractivity contribution < 1.29 is 19.1 Å². The Kier molecular flexibility index (Phi) is 4.52. The highest BCUT2D eigenvalue weighted by atomic mass is 32.1. The van der Waals surface area contributed by atoms with Crippen LogP contribution in [0.15, 0.2) is 11.6 Å². The van der Waals surface area contributed by atoms with Crippen molar-refractivity contribution in [3.63, 3.8) is 0 Å². The van der Waals surface area contributed by atoms with Gasteiger partial charge in [-0.25, -0.2) is 4.98 Å². The number of hydrogen-bond donors (Lipinski definition) is 0. The van der Waals surface area contributed by atoms with E-state index in [-0.39, 0.29) is 19.0 Å². The summed E-state index contributed by atoms with van der Waals surface area (Å²) in [6.45, 7) is 2.03. The Morgan fingerprint density at radius 1 is 1.53 bits per heavy atom. The monoisotopic (exact) mass is 283 g/mol. The first kappa shape index (κ1) is 14.0. The highest BCUT2D eigenvalue weighted by Gasteiger charge is 2.49. The van der Waals surface area contributed by atoms with Gasteiger partial charge < -0.3 is 9.47 Å². The molecule has 1 aliphatic rings. The van der Waals surface area contributed by atoms with Gasteiger partial charge in [0.2, 0.25) is 0 Å². The number of ketones is 1. The molecule has 6 heteroatoms. The van der Waals surface area contributed by atoms with Gasteiger partial charge in [0.15, 0.2) is 11.2 Å². The molecule has 0 saturated heterocycles. The molecule has 0 amide bonds. The van der Waals surface area contributed by atoms with E-state index < -0.39 is 11.4 Å². The Balaban J connectivity index is 2.13. The van der Waals surface area contributed by atoms with E-state index in [1.165, 1.54) is 11.3 Å². The van der Waals surface area contributed by atoms with Crippen LogP contribution in [0.2, 0.25) is 0 Å². The van der Waals surface area contributed by atoms with E-state index >= 15 is 0 Å². The second kappa shape index (κ2) is 6.14. The zero-order chi connectivity index (χ0) is 13.7. The summed E-state index contributed by atoms with van der Waals surface area (Å²) < 4.78 is 10.6. The molecular weight excluding hydrogens is 266 g/mol. The zero-order valence-corrected chi connectivity index (χ0v) is 11.7. The molecule has 1 fully saturated rings. The quantitative estimate of drug-likeness (QED) is 0.612. The summed E-state index contributed by atoms with van der Waals surface area (Å²) in [6.07, 6.45) is 4.21. The summed E-state index contributed by atoms with van der Waals surface area (Å²) in [5.41, 5.74) is -1.14. The van der Waals surface area contributed by atoms with Crippen molar-refractivity contribution in [3.05, 3.63) is 11.6 Å². The molecule has 1 saturated carbocycles. The molecule has 19 heavy (non-hydrogen) atoms. The molecular formula is C13H17NO4S. The number of hydrogen-bond acceptors (Lipinski definition) is 6. The molecule has 5 nitrogen and oxygen atoms in total. The van der Waals surface area contributed by atoms with Gasteiger partial charge in [-0.3, -0.25) is 9.59 Å². The van der Waals surface area contributed by atoms with Crippen molar-refractivity contribution in [1.82, 2.24) is 4.98 Å². The average Bonchev–Trinajstić information content (AvgIpc) is 2.91. The molecule has 0 N–H and O–H groups in total. The molecule has 104 valence electrons. The van der Waals surface area contributed by atoms with Crippen LogP contribution in [0.25, 0.3) is 0 Å². The molecule has 1 heterocycles. The lowest BCUT2D eigenvalue weighted by Gasteiger charge is -2.32. The summed E-state index contributed by atoms with van der Waals surface area (Å²) in [6, 6.07) is 0. The largest absolute Gasteiger partial charge is 0.468 e. The van der Waals surface area contributed by atoms with E-state index in [1.54, 1.807) is 18.5 Å². The van der Waals surface area contributed by atoms with Crippen LogP contribution >= 0.6 is 11.3 Å². The molecule has 0 aromatic carbocycles. The third-order valence-corrected chi connectivity index (χ3v) is 3.99. The number of aromatic nitrogens is 1. The van der Waals surface area contributed by atoms with Crippen LogP contribution in [-0.4, -0.2) is 30.0 Å². The van der Waals surface area contributed by atoms with E-state index in [0.29, 0.717) is 18.0 Å². The maximum atomic E-state index is 12.2. The topological polar surface area (TPSA) is 65.5 Å². The number of ether oxygens (including phenoxy) is 2. The molecule has 0 aliphatic heterocycles. The van der Waals surface area contributed by atoms with Crippen LogP contribution in [-0.2, 0) is 14.3 Å². The minimum absolute atomic E-state index is 0.0260. The molecule has 1 aromatic heterocycles. The highest BCUT2D eigenvalue weighted by Crippen LogP contribution is 2.35. The van der Waals surface area contributed by atoms with Crippen LogP contribution in [0.5, 0.6) is 5.19 Å². The number of carbonyl (C=O) groups excluding carboxylic acids is 2. The summed E-state index contributed by atoms with van der Waals surface area (Å²) >= 11 is 1.34. The fraction of sp³-hybridized carbons (Fsp3) is 0.615. The van der Waals surface area contributed by atoms with E-state index in [1.807, 2.05) is 0 Å². The summed E-state index contributed by atoms with van der Waals surface area (Å²) in [5.74, 6) is -0.537. The maximum Gasteiger partial charge on any atom is 0.323 e. The van der Waals surface area contributed by atoms with E-state index in [2.05, 4.69) is 4.98 Å². The van der Waals surface area contributed by atoms with Crippen molar-refractivity contribution in [3.8, 4) is 5.19 Å². The van der Waals surface area contributed by atoms with Crippen molar-refractivity contribution in [1.29, 1.82) is 0 Å². The van der Waals surface area contributed by atoms with Gasteiger partial charge in [-0.2, -0.15) is 0 Å². The Morgan fingerprint density at radius 3 is 3.00 bits per heavy atom. The average molecular weight is 283 g/mol. The third kappa shape index (κ3) is 2.94. The van der Waals surface area contributed by atoms with Gasteiger partial charge in [0.05, 0.1) is 6.61 Å². The number of nitrogens with zero attached hydrogens (tertiary/aromatic N) is 1. The number of thiazole rings is 1. The predicted octanol–water partition coefficient (Wildman–Crippen LogP) is 2.21. The Labute approximate surface area is 115 Å². The molecule has 1 atom stereocenters. The summed E-state index contributed by atoms with van der Waals surface area (Å²) in [7, 11) is 0. The van der Waals surface area contributed by atoms with Crippen LogP contribution in [0.4, 0.5) is 0 Å². The van der Waals surface area contributed by atoms with Gasteiger partial charge in [-0.1, -0.05) is 17.8 Å². The first-order valence-electron chi connectivity index (χ1n) is 6.42. The second-order valence-corrected chi connectivity index (χ2v) is 5.38. The molecule has 1 unspecified atom stereocenters. The highest BCUT2D eigenvalue weighted by molar-refractivity contribution is 7.11. The van der Waals surface area contributed by atoms with Crippen molar-refractivity contribution >= 4 is 23.1 Å².